The van der Waals surface area contributed by atoms with E-state index in [1.807, 2.05) is 24.3 Å². The molecule has 2 aliphatic rings. The van der Waals surface area contributed by atoms with Crippen molar-refractivity contribution in [2.24, 2.45) is 0 Å². The summed E-state index contributed by atoms with van der Waals surface area (Å²) in [6.07, 6.45) is -2.23. The van der Waals surface area contributed by atoms with E-state index in [1.54, 1.807) is 0 Å². The van der Waals surface area contributed by atoms with Crippen molar-refractivity contribution < 1.29 is 31.1 Å². The van der Waals surface area contributed by atoms with E-state index in [-0.39, 0.29) is 23.0 Å². The highest BCUT2D eigenvalue weighted by Crippen LogP contribution is 2.40. The fourth-order valence-corrected chi connectivity index (χ4v) is 6.53. The summed E-state index contributed by atoms with van der Waals surface area (Å²) in [6, 6.07) is 20.5. The van der Waals surface area contributed by atoms with Crippen LogP contribution in [0, 0.1) is 0 Å². The third-order valence-electron chi connectivity index (χ3n) is 6.82. The van der Waals surface area contributed by atoms with Gasteiger partial charge < -0.3 is 9.47 Å². The van der Waals surface area contributed by atoms with E-state index < -0.39 is 22.1 Å². The zero-order chi connectivity index (χ0) is 25.3. The van der Waals surface area contributed by atoms with Crippen LogP contribution in [-0.4, -0.2) is 33.5 Å². The van der Waals surface area contributed by atoms with Crippen molar-refractivity contribution in [1.29, 1.82) is 0 Å². The molecule has 0 spiro atoms. The Kier molecular flexibility index (Phi) is 6.80. The van der Waals surface area contributed by atoms with Crippen LogP contribution in [-0.2, 0) is 27.6 Å². The number of fused-ring (bicyclic) bond motifs is 2. The molecule has 1 aliphatic heterocycles. The van der Waals surface area contributed by atoms with Crippen LogP contribution in [0.1, 0.15) is 41.0 Å². The summed E-state index contributed by atoms with van der Waals surface area (Å²) in [7, 11) is -3.95. The fourth-order valence-electron chi connectivity index (χ4n) is 5.24. The first-order valence-electron chi connectivity index (χ1n) is 11.8. The van der Waals surface area contributed by atoms with Gasteiger partial charge >= 0.3 is 6.36 Å². The fraction of sp³-hybridized carbons (Fsp3) is 0.333. The van der Waals surface area contributed by atoms with Crippen LogP contribution in [0.4, 0.5) is 13.2 Å². The molecule has 0 aromatic heterocycles. The number of sulfonamides is 1. The number of alkyl halides is 3. The van der Waals surface area contributed by atoms with E-state index in [0.717, 1.165) is 37.1 Å². The SMILES string of the molecule is O=S(=O)(N[C@@H]1CCOC(C2c3ccccc3CCc3ccccc32)C1)c1ccc(OC(F)(F)F)cc1. The minimum absolute atomic E-state index is 0.0222. The summed E-state index contributed by atoms with van der Waals surface area (Å²) in [5, 5.41) is 0. The molecule has 0 bridgehead atoms. The van der Waals surface area contributed by atoms with Crippen molar-refractivity contribution >= 4 is 10.0 Å². The van der Waals surface area contributed by atoms with Crippen molar-refractivity contribution in [1.82, 2.24) is 4.72 Å². The molecule has 3 aromatic rings. The first-order valence-corrected chi connectivity index (χ1v) is 13.3. The second kappa shape index (κ2) is 9.88. The standard InChI is InChI=1S/C27H26F3NO4S/c28-27(29,30)35-21-11-13-22(14-12-21)36(32,33)31-20-15-16-34-25(17-20)26-23-7-3-1-5-18(23)9-10-19-6-2-4-8-24(19)26/h1-8,11-14,20,25-26,31H,9-10,15-17H2/t20-,25?/m1/s1. The van der Waals surface area contributed by atoms with E-state index in [2.05, 4.69) is 33.7 Å². The third-order valence-corrected chi connectivity index (χ3v) is 8.36. The topological polar surface area (TPSA) is 64.6 Å². The Hall–Kier alpha value is -2.88. The molecule has 5 rings (SSSR count). The van der Waals surface area contributed by atoms with Gasteiger partial charge in [-0.05, 0) is 72.2 Å². The lowest BCUT2D eigenvalue weighted by Gasteiger charge is -2.36. The minimum atomic E-state index is -4.84. The average Bonchev–Trinajstić information content (AvgIpc) is 3.00. The first kappa shape index (κ1) is 24.8. The monoisotopic (exact) mass is 517 g/mol. The molecule has 0 saturated carbocycles. The Balaban J connectivity index is 1.37. The van der Waals surface area contributed by atoms with E-state index in [4.69, 9.17) is 4.74 Å². The summed E-state index contributed by atoms with van der Waals surface area (Å²) in [5.74, 6) is -0.496. The van der Waals surface area contributed by atoms with Crippen molar-refractivity contribution in [3.8, 4) is 5.75 Å². The summed E-state index contributed by atoms with van der Waals surface area (Å²) in [5.41, 5.74) is 4.95. The van der Waals surface area contributed by atoms with Crippen LogP contribution in [0.15, 0.2) is 77.7 Å². The van der Waals surface area contributed by atoms with Crippen LogP contribution >= 0.6 is 0 Å². The van der Waals surface area contributed by atoms with Gasteiger partial charge in [0.15, 0.2) is 0 Å². The Labute approximate surface area is 208 Å². The number of ether oxygens (including phenoxy) is 2. The van der Waals surface area contributed by atoms with Crippen molar-refractivity contribution in [2.75, 3.05) is 6.61 Å². The lowest BCUT2D eigenvalue weighted by Crippen LogP contribution is -2.44. The zero-order valence-corrected chi connectivity index (χ0v) is 20.2. The third kappa shape index (κ3) is 5.43. The molecule has 3 aromatic carbocycles. The lowest BCUT2D eigenvalue weighted by atomic mass is 9.80. The van der Waals surface area contributed by atoms with Gasteiger partial charge in [-0.2, -0.15) is 0 Å². The highest BCUT2D eigenvalue weighted by molar-refractivity contribution is 7.89. The van der Waals surface area contributed by atoms with Crippen LogP contribution in [0.3, 0.4) is 0 Å². The van der Waals surface area contributed by atoms with Gasteiger partial charge in [0.05, 0.1) is 11.0 Å². The van der Waals surface area contributed by atoms with Crippen LogP contribution in [0.5, 0.6) is 5.75 Å². The van der Waals surface area contributed by atoms with Gasteiger partial charge in [0.2, 0.25) is 10.0 Å². The number of hydrogen-bond acceptors (Lipinski definition) is 4. The Morgan fingerprint density at radius 1 is 0.861 bits per heavy atom. The molecule has 1 fully saturated rings. The van der Waals surface area contributed by atoms with E-state index >= 15 is 0 Å². The zero-order valence-electron chi connectivity index (χ0n) is 19.4. The second-order valence-corrected chi connectivity index (χ2v) is 10.9. The number of nitrogens with one attached hydrogen (secondary N) is 1. The van der Waals surface area contributed by atoms with Crippen molar-refractivity contribution in [3.05, 3.63) is 95.1 Å². The lowest BCUT2D eigenvalue weighted by molar-refractivity contribution is -0.274. The molecule has 1 saturated heterocycles. The quantitative estimate of drug-likeness (QED) is 0.496. The predicted molar refractivity (Wildman–Crippen MR) is 128 cm³/mol. The second-order valence-electron chi connectivity index (χ2n) is 9.15. The van der Waals surface area contributed by atoms with Crippen LogP contribution in [0.2, 0.25) is 0 Å². The predicted octanol–water partition coefficient (Wildman–Crippen LogP) is 5.34. The van der Waals surface area contributed by atoms with Gasteiger partial charge in [-0.25, -0.2) is 13.1 Å². The van der Waals surface area contributed by atoms with Gasteiger partial charge in [-0.15, -0.1) is 13.2 Å². The molecule has 190 valence electrons. The molecule has 5 nitrogen and oxygen atoms in total. The molecule has 1 unspecified atom stereocenters. The summed E-state index contributed by atoms with van der Waals surface area (Å²) in [4.78, 5) is -0.120. The molecule has 0 amide bonds. The van der Waals surface area contributed by atoms with Crippen molar-refractivity contribution in [3.63, 3.8) is 0 Å². The Morgan fingerprint density at radius 3 is 2.03 bits per heavy atom. The minimum Gasteiger partial charge on any atom is -0.406 e. The number of hydrogen-bond donors (Lipinski definition) is 1. The summed E-state index contributed by atoms with van der Waals surface area (Å²) >= 11 is 0. The molecule has 1 N–H and O–H groups in total. The molecule has 36 heavy (non-hydrogen) atoms. The number of benzene rings is 3. The van der Waals surface area contributed by atoms with Gasteiger partial charge in [0, 0.05) is 18.6 Å². The molecule has 1 aliphatic carbocycles. The van der Waals surface area contributed by atoms with E-state index in [0.29, 0.717) is 19.4 Å². The maximum atomic E-state index is 13.0. The molecule has 2 atom stereocenters. The molecule has 0 radical (unpaired) electrons. The summed E-state index contributed by atoms with van der Waals surface area (Å²) < 4.78 is 76.1. The Morgan fingerprint density at radius 2 is 1.44 bits per heavy atom. The molecular formula is C27H26F3NO4S. The van der Waals surface area contributed by atoms with Crippen LogP contribution < -0.4 is 9.46 Å². The average molecular weight is 518 g/mol. The Bertz CT molecular complexity index is 1280. The number of halogens is 3. The van der Waals surface area contributed by atoms with Crippen molar-refractivity contribution in [2.45, 2.75) is 55.0 Å². The maximum absolute atomic E-state index is 13.0. The molecule has 1 heterocycles. The molecule has 9 heteroatoms. The number of aryl methyl sites for hydroxylation is 2. The van der Waals surface area contributed by atoms with E-state index in [1.165, 1.54) is 22.3 Å². The number of rotatable bonds is 5. The van der Waals surface area contributed by atoms with Crippen LogP contribution in [0.25, 0.3) is 0 Å². The van der Waals surface area contributed by atoms with Gasteiger partial charge in [-0.1, -0.05) is 48.5 Å². The van der Waals surface area contributed by atoms with Gasteiger partial charge in [0.25, 0.3) is 0 Å². The van der Waals surface area contributed by atoms with Gasteiger partial charge in [0.1, 0.15) is 5.75 Å². The van der Waals surface area contributed by atoms with Gasteiger partial charge in [-0.3, -0.25) is 0 Å². The van der Waals surface area contributed by atoms with E-state index in [9.17, 15) is 21.6 Å². The highest BCUT2D eigenvalue weighted by Gasteiger charge is 2.36. The first-order chi connectivity index (χ1) is 17.2. The highest BCUT2D eigenvalue weighted by atomic mass is 32.2. The maximum Gasteiger partial charge on any atom is 0.573 e. The largest absolute Gasteiger partial charge is 0.573 e. The summed E-state index contributed by atoms with van der Waals surface area (Å²) in [6.45, 7) is 0.400. The normalized spacial score (nSPS) is 20.8. The molecular weight excluding hydrogens is 491 g/mol. The smallest absolute Gasteiger partial charge is 0.406 e.